The van der Waals surface area contributed by atoms with Gasteiger partial charge in [-0.1, -0.05) is 0 Å². The van der Waals surface area contributed by atoms with E-state index in [0.717, 1.165) is 5.52 Å². The molecule has 3 aromatic rings. The van der Waals surface area contributed by atoms with Gasteiger partial charge in [-0.3, -0.25) is 9.13 Å². The second-order valence-electron chi connectivity index (χ2n) is 6.95. The number of carbonyl (C=O) groups is 1. The fourth-order valence-electron chi connectivity index (χ4n) is 3.77. The molecule has 3 heterocycles. The Morgan fingerprint density at radius 1 is 1.21 bits per heavy atom. The summed E-state index contributed by atoms with van der Waals surface area (Å²) >= 11 is 0. The second-order valence-corrected chi connectivity index (χ2v) is 6.95. The first-order valence-corrected chi connectivity index (χ1v) is 9.33. The molecule has 0 aliphatic carbocycles. The summed E-state index contributed by atoms with van der Waals surface area (Å²) < 4.78 is 13.8. The molecule has 1 aromatic carbocycles. The Kier molecular flexibility index (Phi) is 4.87. The molecule has 0 saturated carbocycles. The van der Waals surface area contributed by atoms with Crippen LogP contribution in [0, 0.1) is 0 Å². The highest BCUT2D eigenvalue weighted by molar-refractivity contribution is 5.90. The number of nitrogens with zero attached hydrogens (tertiary/aromatic N) is 4. The number of ether oxygens (including phenoxy) is 2. The van der Waals surface area contributed by atoms with Gasteiger partial charge in [-0.05, 0) is 30.7 Å². The van der Waals surface area contributed by atoms with E-state index in [4.69, 9.17) is 9.47 Å². The van der Waals surface area contributed by atoms with Crippen LogP contribution >= 0.6 is 0 Å². The van der Waals surface area contributed by atoms with Gasteiger partial charge in [0.15, 0.2) is 17.1 Å². The zero-order chi connectivity index (χ0) is 20.5. The topological polar surface area (TPSA) is 90.6 Å². The molecule has 0 bridgehead atoms. The predicted molar refractivity (Wildman–Crippen MR) is 109 cm³/mol. The van der Waals surface area contributed by atoms with Gasteiger partial charge in [-0.25, -0.2) is 14.6 Å². The van der Waals surface area contributed by atoms with Crippen molar-refractivity contribution in [3.05, 3.63) is 47.0 Å². The molecule has 9 nitrogen and oxygen atoms in total. The molecule has 4 rings (SSSR count). The third-order valence-corrected chi connectivity index (χ3v) is 5.30. The highest BCUT2D eigenvalue weighted by Crippen LogP contribution is 2.30. The van der Waals surface area contributed by atoms with E-state index in [2.05, 4.69) is 10.3 Å². The van der Waals surface area contributed by atoms with Crippen LogP contribution in [0.25, 0.3) is 11.2 Å². The first-order valence-electron chi connectivity index (χ1n) is 9.33. The summed E-state index contributed by atoms with van der Waals surface area (Å²) in [5.74, 6) is 1.13. The van der Waals surface area contributed by atoms with E-state index in [0.29, 0.717) is 42.3 Å². The van der Waals surface area contributed by atoms with Crippen LogP contribution in [0.15, 0.2) is 41.3 Å². The molecule has 0 unspecified atom stereocenters. The van der Waals surface area contributed by atoms with Crippen LogP contribution in [-0.2, 0) is 7.05 Å². The number of amides is 2. The van der Waals surface area contributed by atoms with Crippen LogP contribution in [-0.4, -0.2) is 52.4 Å². The summed E-state index contributed by atoms with van der Waals surface area (Å²) in [5.41, 5.74) is 1.92. The monoisotopic (exact) mass is 397 g/mol. The smallest absolute Gasteiger partial charge is 0.330 e. The van der Waals surface area contributed by atoms with E-state index < -0.39 is 0 Å². The number of methoxy groups -OCH3 is 2. The second kappa shape index (κ2) is 7.50. The standard InChI is InChI=1S/C20H23N5O4/c1-23-15-5-4-9-21-18(15)25(20(23)27)14-8-10-24(12-14)19(26)22-13-6-7-16(28-2)17(11-13)29-3/h4-7,9,11,14H,8,10,12H2,1-3H3,(H,22,26)/t14-/m1/s1. The molecule has 2 amide bonds. The molecule has 152 valence electrons. The number of rotatable bonds is 4. The minimum absolute atomic E-state index is 0.114. The molecule has 1 aliphatic heterocycles. The van der Waals surface area contributed by atoms with Gasteiger partial charge in [0.25, 0.3) is 0 Å². The number of likely N-dealkylation sites (tertiary alicyclic amines) is 1. The number of carbonyl (C=O) groups excluding carboxylic acids is 1. The Bertz CT molecular complexity index is 1120. The molecular formula is C20H23N5O4. The van der Waals surface area contributed by atoms with E-state index in [1.807, 2.05) is 12.1 Å². The molecule has 1 aliphatic rings. The lowest BCUT2D eigenvalue weighted by Crippen LogP contribution is -2.34. The van der Waals surface area contributed by atoms with E-state index in [1.165, 1.54) is 0 Å². The minimum atomic E-state index is -0.221. The zero-order valence-corrected chi connectivity index (χ0v) is 16.6. The average molecular weight is 397 g/mol. The Morgan fingerprint density at radius 2 is 2.00 bits per heavy atom. The van der Waals surface area contributed by atoms with Gasteiger partial charge < -0.3 is 19.7 Å². The number of imidazole rings is 1. The number of hydrogen-bond acceptors (Lipinski definition) is 5. The van der Waals surface area contributed by atoms with Crippen molar-refractivity contribution in [3.63, 3.8) is 0 Å². The molecule has 2 aromatic heterocycles. The zero-order valence-electron chi connectivity index (χ0n) is 16.6. The summed E-state index contributed by atoms with van der Waals surface area (Å²) in [6.45, 7) is 0.994. The quantitative estimate of drug-likeness (QED) is 0.729. The van der Waals surface area contributed by atoms with Gasteiger partial charge in [0.1, 0.15) is 0 Å². The number of nitrogens with one attached hydrogen (secondary N) is 1. The fourth-order valence-corrected chi connectivity index (χ4v) is 3.77. The number of hydrogen-bond donors (Lipinski definition) is 1. The number of aryl methyl sites for hydroxylation is 1. The highest BCUT2D eigenvalue weighted by atomic mass is 16.5. The van der Waals surface area contributed by atoms with Crippen molar-refractivity contribution in [1.29, 1.82) is 0 Å². The van der Waals surface area contributed by atoms with Crippen molar-refractivity contribution in [2.24, 2.45) is 7.05 Å². The number of aromatic nitrogens is 3. The summed E-state index contributed by atoms with van der Waals surface area (Å²) in [5, 5.41) is 2.88. The third-order valence-electron chi connectivity index (χ3n) is 5.30. The van der Waals surface area contributed by atoms with Crippen LogP contribution in [0.4, 0.5) is 10.5 Å². The van der Waals surface area contributed by atoms with Crippen LogP contribution in [0.5, 0.6) is 11.5 Å². The largest absolute Gasteiger partial charge is 0.493 e. The summed E-state index contributed by atoms with van der Waals surface area (Å²) in [7, 11) is 4.84. The summed E-state index contributed by atoms with van der Waals surface area (Å²) in [6.07, 6.45) is 2.36. The van der Waals surface area contributed by atoms with Crippen molar-refractivity contribution in [3.8, 4) is 11.5 Å². The Morgan fingerprint density at radius 3 is 2.76 bits per heavy atom. The first kappa shape index (κ1) is 18.9. The number of urea groups is 1. The van der Waals surface area contributed by atoms with Gasteiger partial charge in [-0.15, -0.1) is 0 Å². The minimum Gasteiger partial charge on any atom is -0.493 e. The molecule has 1 saturated heterocycles. The number of fused-ring (bicyclic) bond motifs is 1. The molecular weight excluding hydrogens is 374 g/mol. The lowest BCUT2D eigenvalue weighted by atomic mass is 10.2. The van der Waals surface area contributed by atoms with E-state index in [-0.39, 0.29) is 17.8 Å². The number of pyridine rings is 1. The number of benzene rings is 1. The molecule has 9 heteroatoms. The maximum atomic E-state index is 12.7. The van der Waals surface area contributed by atoms with Crippen LogP contribution in [0.3, 0.4) is 0 Å². The Balaban J connectivity index is 1.51. The van der Waals surface area contributed by atoms with Crippen LogP contribution < -0.4 is 20.5 Å². The lowest BCUT2D eigenvalue weighted by molar-refractivity contribution is 0.221. The molecule has 1 N–H and O–H groups in total. The maximum Gasteiger partial charge on any atom is 0.330 e. The normalized spacial score (nSPS) is 16.2. The average Bonchev–Trinajstić information content (AvgIpc) is 3.32. The highest BCUT2D eigenvalue weighted by Gasteiger charge is 2.30. The SMILES string of the molecule is COc1ccc(NC(=O)N2CC[C@@H](n3c(=O)n(C)c4cccnc43)C2)cc1OC. The van der Waals surface area contributed by atoms with Gasteiger partial charge >= 0.3 is 11.7 Å². The fraction of sp³-hybridized carbons (Fsp3) is 0.350. The predicted octanol–water partition coefficient (Wildman–Crippen LogP) is 2.23. The first-order chi connectivity index (χ1) is 14.0. The van der Waals surface area contributed by atoms with Crippen molar-refractivity contribution >= 4 is 22.9 Å². The van der Waals surface area contributed by atoms with Crippen LogP contribution in [0.2, 0.25) is 0 Å². The van der Waals surface area contributed by atoms with Gasteiger partial charge in [0.05, 0.1) is 25.8 Å². The molecule has 0 spiro atoms. The lowest BCUT2D eigenvalue weighted by Gasteiger charge is -2.18. The summed E-state index contributed by atoms with van der Waals surface area (Å²) in [6, 6.07) is 8.55. The van der Waals surface area contributed by atoms with Gasteiger partial charge in [-0.2, -0.15) is 0 Å². The van der Waals surface area contributed by atoms with Crippen molar-refractivity contribution < 1.29 is 14.3 Å². The molecule has 29 heavy (non-hydrogen) atoms. The molecule has 0 radical (unpaired) electrons. The molecule has 1 atom stereocenters. The van der Waals surface area contributed by atoms with Gasteiger partial charge in [0.2, 0.25) is 0 Å². The summed E-state index contributed by atoms with van der Waals surface area (Å²) in [4.78, 5) is 31.5. The Hall–Kier alpha value is -3.49. The van der Waals surface area contributed by atoms with E-state index in [9.17, 15) is 9.59 Å². The maximum absolute atomic E-state index is 12.7. The van der Waals surface area contributed by atoms with E-state index in [1.54, 1.807) is 59.7 Å². The van der Waals surface area contributed by atoms with E-state index >= 15 is 0 Å². The van der Waals surface area contributed by atoms with Crippen molar-refractivity contribution in [2.75, 3.05) is 32.6 Å². The van der Waals surface area contributed by atoms with Crippen molar-refractivity contribution in [1.82, 2.24) is 19.0 Å². The van der Waals surface area contributed by atoms with Gasteiger partial charge in [0, 0.05) is 38.1 Å². The number of anilines is 1. The Labute approximate surface area is 167 Å². The third kappa shape index (κ3) is 3.28. The van der Waals surface area contributed by atoms with Crippen LogP contribution in [0.1, 0.15) is 12.5 Å². The molecule has 1 fully saturated rings. The van der Waals surface area contributed by atoms with Crippen molar-refractivity contribution in [2.45, 2.75) is 12.5 Å².